The molecule has 1 aromatic rings. The first-order valence-electron chi connectivity index (χ1n) is 9.91. The summed E-state index contributed by atoms with van der Waals surface area (Å²) in [6.07, 6.45) is 5.25. The summed E-state index contributed by atoms with van der Waals surface area (Å²) < 4.78 is 0. The van der Waals surface area contributed by atoms with Gasteiger partial charge in [0.05, 0.1) is 5.00 Å². The Balaban J connectivity index is 1.40. The monoisotopic (exact) mass is 363 g/mol. The van der Waals surface area contributed by atoms with Crippen molar-refractivity contribution in [3.05, 3.63) is 17.5 Å². The summed E-state index contributed by atoms with van der Waals surface area (Å²) in [4.78, 5) is 12.4. The summed E-state index contributed by atoms with van der Waals surface area (Å²) in [6.45, 7) is 12.2. The van der Waals surface area contributed by atoms with Crippen LogP contribution in [0.5, 0.6) is 0 Å². The normalized spacial score (nSPS) is 19.6. The molecular formula is C19H33N5S. The highest BCUT2D eigenvalue weighted by atomic mass is 32.1. The number of unbranched alkanes of at least 4 members (excludes halogenated alkanes) is 1. The molecule has 2 aliphatic heterocycles. The fourth-order valence-electron chi connectivity index (χ4n) is 3.65. The number of thiophene rings is 1. The largest absolute Gasteiger partial charge is 0.360 e. The van der Waals surface area contributed by atoms with Gasteiger partial charge < -0.3 is 20.0 Å². The predicted octanol–water partition coefficient (Wildman–Crippen LogP) is 2.71. The second kappa shape index (κ2) is 10.0. The zero-order chi connectivity index (χ0) is 17.3. The summed E-state index contributed by atoms with van der Waals surface area (Å²) in [5.41, 5.74) is 0. The van der Waals surface area contributed by atoms with Crippen LogP contribution in [-0.2, 0) is 0 Å². The van der Waals surface area contributed by atoms with Gasteiger partial charge in [-0.3, -0.25) is 4.99 Å². The second-order valence-corrected chi connectivity index (χ2v) is 7.84. The van der Waals surface area contributed by atoms with Gasteiger partial charge in [-0.15, -0.1) is 11.3 Å². The Morgan fingerprint density at radius 3 is 2.60 bits per heavy atom. The summed E-state index contributed by atoms with van der Waals surface area (Å²) in [7, 11) is 0. The van der Waals surface area contributed by atoms with Gasteiger partial charge >= 0.3 is 0 Å². The number of likely N-dealkylation sites (tertiary alicyclic amines) is 1. The van der Waals surface area contributed by atoms with E-state index in [4.69, 9.17) is 4.99 Å². The van der Waals surface area contributed by atoms with Crippen molar-refractivity contribution in [2.45, 2.75) is 32.6 Å². The molecule has 2 saturated heterocycles. The Hall–Kier alpha value is -1.27. The van der Waals surface area contributed by atoms with E-state index in [1.165, 1.54) is 50.3 Å². The van der Waals surface area contributed by atoms with Crippen molar-refractivity contribution in [1.29, 1.82) is 0 Å². The minimum atomic E-state index is 0.942. The van der Waals surface area contributed by atoms with Crippen molar-refractivity contribution >= 4 is 22.3 Å². The van der Waals surface area contributed by atoms with Crippen LogP contribution in [0.15, 0.2) is 22.5 Å². The van der Waals surface area contributed by atoms with E-state index in [2.05, 4.69) is 44.5 Å². The van der Waals surface area contributed by atoms with Crippen LogP contribution in [0.25, 0.3) is 0 Å². The Morgan fingerprint density at radius 2 is 1.92 bits per heavy atom. The number of hydrogen-bond acceptors (Lipinski definition) is 4. The lowest BCUT2D eigenvalue weighted by atomic mass is 10.3. The lowest BCUT2D eigenvalue weighted by Gasteiger charge is -2.37. The summed E-state index contributed by atoms with van der Waals surface area (Å²) >= 11 is 1.84. The van der Waals surface area contributed by atoms with E-state index in [0.717, 1.165) is 45.2 Å². The van der Waals surface area contributed by atoms with Gasteiger partial charge in [-0.2, -0.15) is 0 Å². The third-order valence-corrected chi connectivity index (χ3v) is 6.00. The predicted molar refractivity (Wildman–Crippen MR) is 109 cm³/mol. The smallest absolute Gasteiger partial charge is 0.194 e. The third-order valence-electron chi connectivity index (χ3n) is 5.07. The summed E-state index contributed by atoms with van der Waals surface area (Å²) in [5, 5.41) is 7.04. The molecule has 3 rings (SSSR count). The van der Waals surface area contributed by atoms with Gasteiger partial charge in [0, 0.05) is 39.3 Å². The van der Waals surface area contributed by atoms with Crippen LogP contribution >= 0.6 is 11.3 Å². The Labute approximate surface area is 156 Å². The number of aliphatic imine (C=N–C) groups is 1. The molecule has 2 fully saturated rings. The quantitative estimate of drug-likeness (QED) is 0.459. The van der Waals surface area contributed by atoms with Crippen molar-refractivity contribution in [1.82, 2.24) is 15.1 Å². The molecule has 25 heavy (non-hydrogen) atoms. The molecule has 0 aromatic carbocycles. The third kappa shape index (κ3) is 5.61. The Kier molecular flexibility index (Phi) is 7.42. The standard InChI is InChI=1S/C19H33N5S/c1-2-20-19(21-9-3-4-10-22-11-5-6-12-22)24-15-13-23(14-16-24)18-8-7-17-25-18/h7-8,17H,2-6,9-16H2,1H3,(H,20,21). The summed E-state index contributed by atoms with van der Waals surface area (Å²) in [6, 6.07) is 4.36. The fraction of sp³-hybridized carbons (Fsp3) is 0.737. The van der Waals surface area contributed by atoms with Crippen molar-refractivity contribution in [2.75, 3.05) is 63.8 Å². The number of rotatable bonds is 7. The second-order valence-electron chi connectivity index (χ2n) is 6.92. The molecule has 0 unspecified atom stereocenters. The van der Waals surface area contributed by atoms with Crippen LogP contribution in [0.1, 0.15) is 32.6 Å². The highest BCUT2D eigenvalue weighted by Crippen LogP contribution is 2.22. The molecule has 0 radical (unpaired) electrons. The van der Waals surface area contributed by atoms with Crippen LogP contribution in [-0.4, -0.2) is 74.7 Å². The molecule has 1 N–H and O–H groups in total. The molecule has 0 bridgehead atoms. The number of anilines is 1. The Bertz CT molecular complexity index is 502. The van der Waals surface area contributed by atoms with Gasteiger partial charge in [-0.05, 0) is 69.8 Å². The molecule has 1 aromatic heterocycles. The first-order valence-corrected chi connectivity index (χ1v) is 10.8. The molecule has 0 aliphatic carbocycles. The average Bonchev–Trinajstić information content (AvgIpc) is 3.35. The molecule has 2 aliphatic rings. The van der Waals surface area contributed by atoms with Crippen LogP contribution in [0.3, 0.4) is 0 Å². The van der Waals surface area contributed by atoms with Gasteiger partial charge in [0.15, 0.2) is 5.96 Å². The minimum absolute atomic E-state index is 0.942. The van der Waals surface area contributed by atoms with E-state index in [-0.39, 0.29) is 0 Å². The van der Waals surface area contributed by atoms with Crippen molar-refractivity contribution in [2.24, 2.45) is 4.99 Å². The lowest BCUT2D eigenvalue weighted by Crippen LogP contribution is -2.52. The zero-order valence-corrected chi connectivity index (χ0v) is 16.4. The topological polar surface area (TPSA) is 34.1 Å². The molecule has 0 atom stereocenters. The highest BCUT2D eigenvalue weighted by molar-refractivity contribution is 7.14. The van der Waals surface area contributed by atoms with E-state index >= 15 is 0 Å². The van der Waals surface area contributed by atoms with Crippen molar-refractivity contribution in [3.8, 4) is 0 Å². The van der Waals surface area contributed by atoms with E-state index in [1.807, 2.05) is 11.3 Å². The van der Waals surface area contributed by atoms with Gasteiger partial charge in [0.1, 0.15) is 0 Å². The van der Waals surface area contributed by atoms with Crippen LogP contribution < -0.4 is 10.2 Å². The maximum atomic E-state index is 4.89. The van der Waals surface area contributed by atoms with Crippen LogP contribution in [0.2, 0.25) is 0 Å². The first kappa shape index (κ1) is 18.5. The van der Waals surface area contributed by atoms with Gasteiger partial charge in [0.25, 0.3) is 0 Å². The van der Waals surface area contributed by atoms with Crippen molar-refractivity contribution < 1.29 is 0 Å². The molecule has 0 saturated carbocycles. The SMILES string of the molecule is CCNC(=NCCCCN1CCCC1)N1CCN(c2cccs2)CC1. The number of piperazine rings is 1. The summed E-state index contributed by atoms with van der Waals surface area (Å²) in [5.74, 6) is 1.11. The van der Waals surface area contributed by atoms with Gasteiger partial charge in [-0.25, -0.2) is 0 Å². The van der Waals surface area contributed by atoms with E-state index < -0.39 is 0 Å². The number of nitrogens with one attached hydrogen (secondary N) is 1. The van der Waals surface area contributed by atoms with Crippen LogP contribution in [0.4, 0.5) is 5.00 Å². The number of nitrogens with zero attached hydrogens (tertiary/aromatic N) is 4. The molecule has 6 heteroatoms. The van der Waals surface area contributed by atoms with E-state index in [9.17, 15) is 0 Å². The van der Waals surface area contributed by atoms with Crippen molar-refractivity contribution in [3.63, 3.8) is 0 Å². The molecular weight excluding hydrogens is 330 g/mol. The molecule has 0 amide bonds. The van der Waals surface area contributed by atoms with Gasteiger partial charge in [-0.1, -0.05) is 0 Å². The molecule has 0 spiro atoms. The number of hydrogen-bond donors (Lipinski definition) is 1. The number of guanidine groups is 1. The fourth-order valence-corrected chi connectivity index (χ4v) is 4.44. The molecule has 5 nitrogen and oxygen atoms in total. The zero-order valence-electron chi connectivity index (χ0n) is 15.6. The minimum Gasteiger partial charge on any atom is -0.360 e. The Morgan fingerprint density at radius 1 is 1.12 bits per heavy atom. The average molecular weight is 364 g/mol. The van der Waals surface area contributed by atoms with Crippen LogP contribution in [0, 0.1) is 0 Å². The molecule has 140 valence electrons. The lowest BCUT2D eigenvalue weighted by molar-refractivity contribution is 0.330. The first-order chi connectivity index (χ1) is 12.4. The van der Waals surface area contributed by atoms with E-state index in [1.54, 1.807) is 0 Å². The maximum Gasteiger partial charge on any atom is 0.194 e. The molecule has 3 heterocycles. The van der Waals surface area contributed by atoms with E-state index in [0.29, 0.717) is 0 Å². The highest BCUT2D eigenvalue weighted by Gasteiger charge is 2.20. The maximum absolute atomic E-state index is 4.89. The van der Waals surface area contributed by atoms with Gasteiger partial charge in [0.2, 0.25) is 0 Å².